The van der Waals surface area contributed by atoms with Gasteiger partial charge in [0.15, 0.2) is 0 Å². The first-order chi connectivity index (χ1) is 5.87. The monoisotopic (exact) mass is 209 g/mol. The highest BCUT2D eigenvalue weighted by atomic mass is 35.5. The fraction of sp³-hybridized carbons (Fsp3) is 0.125. The summed E-state index contributed by atoms with van der Waals surface area (Å²) >= 11 is 5.49. The number of halogens is 4. The molecule has 1 rings (SSSR count). The predicted octanol–water partition coefficient (Wildman–Crippen LogP) is 3.42. The summed E-state index contributed by atoms with van der Waals surface area (Å²) in [6.07, 6.45) is -4.70. The number of benzene rings is 1. The average Bonchev–Trinajstić information content (AvgIpc) is 1.78. The van der Waals surface area contributed by atoms with E-state index in [4.69, 9.17) is 11.6 Å². The molecule has 0 saturated carbocycles. The van der Waals surface area contributed by atoms with E-state index in [0.717, 1.165) is 12.1 Å². The van der Waals surface area contributed by atoms with Crippen molar-refractivity contribution in [2.24, 2.45) is 0 Å². The van der Waals surface area contributed by atoms with Gasteiger partial charge in [0.25, 0.3) is 0 Å². The van der Waals surface area contributed by atoms with E-state index in [9.17, 15) is 13.2 Å². The average molecular weight is 210 g/mol. The molecule has 0 atom stereocenters. The molecule has 1 radical (unpaired) electrons. The molecule has 0 amide bonds. The van der Waals surface area contributed by atoms with Gasteiger partial charge in [-0.2, -0.15) is 0 Å². The molecule has 0 unspecified atom stereocenters. The van der Waals surface area contributed by atoms with Gasteiger partial charge in [-0.1, -0.05) is 11.6 Å². The van der Waals surface area contributed by atoms with Gasteiger partial charge in [0.05, 0.1) is 0 Å². The van der Waals surface area contributed by atoms with Crippen LogP contribution in [0.4, 0.5) is 13.2 Å². The fourth-order valence-corrected chi connectivity index (χ4v) is 1.06. The Morgan fingerprint density at radius 1 is 1.23 bits per heavy atom. The van der Waals surface area contributed by atoms with Crippen molar-refractivity contribution in [2.75, 3.05) is 0 Å². The van der Waals surface area contributed by atoms with Gasteiger partial charge in [-0.25, -0.2) is 0 Å². The van der Waals surface area contributed by atoms with E-state index in [2.05, 4.69) is 11.7 Å². The summed E-state index contributed by atoms with van der Waals surface area (Å²) in [5.74, 6) is -0.356. The van der Waals surface area contributed by atoms with Crippen LogP contribution in [0.5, 0.6) is 5.75 Å². The lowest BCUT2D eigenvalue weighted by Crippen LogP contribution is -2.17. The molecule has 0 bridgehead atoms. The van der Waals surface area contributed by atoms with Crippen molar-refractivity contribution in [1.82, 2.24) is 0 Å². The summed E-state index contributed by atoms with van der Waals surface area (Å²) in [7, 11) is 0. The van der Waals surface area contributed by atoms with Crippen LogP contribution in [-0.4, -0.2) is 6.36 Å². The molecule has 0 saturated heterocycles. The Hall–Kier alpha value is -0.900. The number of alkyl halides is 3. The maximum atomic E-state index is 11.7. The Bertz CT molecular complexity index is 288. The van der Waals surface area contributed by atoms with Crippen LogP contribution < -0.4 is 4.74 Å². The van der Waals surface area contributed by atoms with Gasteiger partial charge in [-0.15, -0.1) is 13.2 Å². The summed E-state index contributed by atoms with van der Waals surface area (Å²) in [4.78, 5) is 0. The Kier molecular flexibility index (Phi) is 2.71. The molecule has 0 aliphatic heterocycles. The molecular formula is C8H5ClF3O. The molecule has 0 spiro atoms. The highest BCUT2D eigenvalue weighted by Crippen LogP contribution is 2.26. The van der Waals surface area contributed by atoms with Gasteiger partial charge >= 0.3 is 6.36 Å². The lowest BCUT2D eigenvalue weighted by molar-refractivity contribution is -0.274. The van der Waals surface area contributed by atoms with Crippen molar-refractivity contribution in [3.8, 4) is 5.75 Å². The highest BCUT2D eigenvalue weighted by Gasteiger charge is 2.31. The van der Waals surface area contributed by atoms with Crippen molar-refractivity contribution in [1.29, 1.82) is 0 Å². The predicted molar refractivity (Wildman–Crippen MR) is 42.6 cm³/mol. The molecular weight excluding hydrogens is 205 g/mol. The molecule has 0 heterocycles. The molecule has 1 aromatic rings. The number of ether oxygens (including phenoxy) is 1. The second-order valence-corrected chi connectivity index (χ2v) is 2.78. The van der Waals surface area contributed by atoms with E-state index in [1.807, 2.05) is 0 Å². The minimum Gasteiger partial charge on any atom is -0.406 e. The lowest BCUT2D eigenvalue weighted by atomic mass is 10.2. The quantitative estimate of drug-likeness (QED) is 0.689. The SMILES string of the molecule is [CH2]c1cc(Cl)cc(OC(F)(F)F)c1. The minimum absolute atomic E-state index is 0.159. The molecule has 5 heteroatoms. The minimum atomic E-state index is -4.70. The van der Waals surface area contributed by atoms with Gasteiger partial charge in [-0.05, 0) is 30.7 Å². The van der Waals surface area contributed by atoms with Crippen LogP contribution in [0.15, 0.2) is 18.2 Å². The van der Waals surface area contributed by atoms with Crippen molar-refractivity contribution in [3.63, 3.8) is 0 Å². The third-order valence-electron chi connectivity index (χ3n) is 1.16. The Balaban J connectivity index is 2.90. The van der Waals surface area contributed by atoms with Crippen LogP contribution in [0, 0.1) is 6.92 Å². The van der Waals surface area contributed by atoms with Gasteiger partial charge in [0, 0.05) is 5.02 Å². The van der Waals surface area contributed by atoms with Crippen LogP contribution in [0.2, 0.25) is 5.02 Å². The second kappa shape index (κ2) is 3.46. The van der Waals surface area contributed by atoms with E-state index in [1.165, 1.54) is 6.07 Å². The van der Waals surface area contributed by atoms with E-state index in [1.54, 1.807) is 0 Å². The third kappa shape index (κ3) is 3.55. The molecule has 0 aliphatic carbocycles. The smallest absolute Gasteiger partial charge is 0.406 e. The van der Waals surface area contributed by atoms with E-state index < -0.39 is 6.36 Å². The Labute approximate surface area is 78.1 Å². The second-order valence-electron chi connectivity index (χ2n) is 2.34. The molecule has 0 N–H and O–H groups in total. The summed E-state index contributed by atoms with van der Waals surface area (Å²) in [6, 6.07) is 3.66. The molecule has 13 heavy (non-hydrogen) atoms. The van der Waals surface area contributed by atoms with Crippen LogP contribution in [0.25, 0.3) is 0 Å². The molecule has 1 aromatic carbocycles. The molecule has 1 nitrogen and oxygen atoms in total. The first-order valence-electron chi connectivity index (χ1n) is 3.25. The molecule has 71 valence electrons. The maximum absolute atomic E-state index is 11.7. The van der Waals surface area contributed by atoms with Gasteiger partial charge in [0.1, 0.15) is 5.75 Å². The first-order valence-corrected chi connectivity index (χ1v) is 3.63. The summed E-state index contributed by atoms with van der Waals surface area (Å²) in [6.45, 7) is 3.44. The number of hydrogen-bond acceptors (Lipinski definition) is 1. The molecule has 0 fully saturated rings. The molecule has 0 aromatic heterocycles. The van der Waals surface area contributed by atoms with Crippen LogP contribution in [0.1, 0.15) is 5.56 Å². The summed E-state index contributed by atoms with van der Waals surface area (Å²) in [5.41, 5.74) is 0.367. The van der Waals surface area contributed by atoms with Crippen LogP contribution >= 0.6 is 11.6 Å². The first kappa shape index (κ1) is 10.2. The van der Waals surface area contributed by atoms with E-state index >= 15 is 0 Å². The Morgan fingerprint density at radius 3 is 2.31 bits per heavy atom. The van der Waals surface area contributed by atoms with Crippen molar-refractivity contribution < 1.29 is 17.9 Å². The van der Waals surface area contributed by atoms with E-state index in [-0.39, 0.29) is 10.8 Å². The summed E-state index contributed by atoms with van der Waals surface area (Å²) < 4.78 is 38.8. The van der Waals surface area contributed by atoms with Crippen molar-refractivity contribution >= 4 is 11.6 Å². The van der Waals surface area contributed by atoms with Gasteiger partial charge in [-0.3, -0.25) is 0 Å². The zero-order valence-electron chi connectivity index (χ0n) is 6.36. The Morgan fingerprint density at radius 2 is 1.85 bits per heavy atom. The topological polar surface area (TPSA) is 9.23 Å². The maximum Gasteiger partial charge on any atom is 0.573 e. The summed E-state index contributed by atoms with van der Waals surface area (Å²) in [5, 5.41) is 0.159. The molecule has 0 aliphatic rings. The van der Waals surface area contributed by atoms with Crippen molar-refractivity contribution in [3.05, 3.63) is 35.7 Å². The van der Waals surface area contributed by atoms with Crippen LogP contribution in [-0.2, 0) is 0 Å². The largest absolute Gasteiger partial charge is 0.573 e. The number of hydrogen-bond donors (Lipinski definition) is 0. The zero-order valence-corrected chi connectivity index (χ0v) is 7.12. The standard InChI is InChI=1S/C8H5ClF3O/c1-5-2-6(9)4-7(3-5)13-8(10,11)12/h2-4H,1H2. The van der Waals surface area contributed by atoms with Crippen molar-refractivity contribution in [2.45, 2.75) is 6.36 Å². The van der Waals surface area contributed by atoms with Crippen LogP contribution in [0.3, 0.4) is 0 Å². The highest BCUT2D eigenvalue weighted by molar-refractivity contribution is 6.30. The number of rotatable bonds is 1. The normalized spacial score (nSPS) is 11.5. The van der Waals surface area contributed by atoms with E-state index in [0.29, 0.717) is 5.56 Å². The fourth-order valence-electron chi connectivity index (χ4n) is 0.813. The van der Waals surface area contributed by atoms with Gasteiger partial charge < -0.3 is 4.74 Å². The third-order valence-corrected chi connectivity index (χ3v) is 1.38. The zero-order chi connectivity index (χ0) is 10.1. The lowest BCUT2D eigenvalue weighted by Gasteiger charge is -2.09. The van der Waals surface area contributed by atoms with Gasteiger partial charge in [0.2, 0.25) is 0 Å².